The molecule has 0 aliphatic heterocycles. The molecular weight excluding hydrogens is 284 g/mol. The van der Waals surface area contributed by atoms with Gasteiger partial charge in [0.2, 0.25) is 0 Å². The lowest BCUT2D eigenvalue weighted by atomic mass is 9.96. The molecule has 23 heavy (non-hydrogen) atoms. The van der Waals surface area contributed by atoms with E-state index < -0.39 is 0 Å². The summed E-state index contributed by atoms with van der Waals surface area (Å²) in [4.78, 5) is 0. The van der Waals surface area contributed by atoms with Gasteiger partial charge in [0.1, 0.15) is 0 Å². The number of hydrogen-bond acceptors (Lipinski definition) is 2. The van der Waals surface area contributed by atoms with Crippen LogP contribution >= 0.6 is 0 Å². The van der Waals surface area contributed by atoms with Gasteiger partial charge in [0.15, 0.2) is 11.5 Å². The van der Waals surface area contributed by atoms with Crippen LogP contribution in [0.4, 0.5) is 0 Å². The van der Waals surface area contributed by atoms with Crippen LogP contribution in [0.1, 0.15) is 27.8 Å². The lowest BCUT2D eigenvalue weighted by Gasteiger charge is -2.10. The normalized spacial score (nSPS) is 10.7. The predicted octanol–water partition coefficient (Wildman–Crippen LogP) is 4.59. The first-order valence-corrected chi connectivity index (χ1v) is 7.75. The fourth-order valence-electron chi connectivity index (χ4n) is 2.82. The second-order valence-electron chi connectivity index (χ2n) is 5.88. The fourth-order valence-corrected chi connectivity index (χ4v) is 2.82. The van der Waals surface area contributed by atoms with Gasteiger partial charge in [0.05, 0.1) is 0 Å². The minimum absolute atomic E-state index is 0.0292. The lowest BCUT2D eigenvalue weighted by molar-refractivity contribution is 0.400. The van der Waals surface area contributed by atoms with Gasteiger partial charge in [-0.05, 0) is 41.7 Å². The maximum Gasteiger partial charge on any atom is 0.161 e. The van der Waals surface area contributed by atoms with Crippen LogP contribution in [0.2, 0.25) is 0 Å². The van der Waals surface area contributed by atoms with Crippen molar-refractivity contribution in [2.24, 2.45) is 0 Å². The molecule has 3 aromatic carbocycles. The molecule has 0 aliphatic rings. The lowest BCUT2D eigenvalue weighted by Crippen LogP contribution is -1.95. The molecule has 0 saturated heterocycles. The quantitative estimate of drug-likeness (QED) is 0.692. The van der Waals surface area contributed by atoms with E-state index in [9.17, 15) is 10.2 Å². The van der Waals surface area contributed by atoms with E-state index in [1.165, 1.54) is 22.8 Å². The van der Waals surface area contributed by atoms with Crippen LogP contribution in [0.5, 0.6) is 11.5 Å². The standard InChI is InChI=1S/C21H20O2/c1-15-12-17(14-19-8-5-9-20(22)21(19)23)10-11-18(15)13-16-6-3-2-4-7-16/h2-12,22-23H,13-14H2,1H3. The minimum Gasteiger partial charge on any atom is -0.504 e. The molecular formula is C21H20O2. The van der Waals surface area contributed by atoms with Gasteiger partial charge in [-0.3, -0.25) is 0 Å². The Morgan fingerprint density at radius 1 is 0.696 bits per heavy atom. The smallest absolute Gasteiger partial charge is 0.161 e. The van der Waals surface area contributed by atoms with Crippen molar-refractivity contribution in [3.05, 3.63) is 94.5 Å². The van der Waals surface area contributed by atoms with Crippen molar-refractivity contribution in [3.8, 4) is 11.5 Å². The summed E-state index contributed by atoms with van der Waals surface area (Å²) in [5.74, 6) is -0.0987. The van der Waals surface area contributed by atoms with Crippen molar-refractivity contribution < 1.29 is 10.2 Å². The Balaban J connectivity index is 1.80. The van der Waals surface area contributed by atoms with Gasteiger partial charge in [-0.1, -0.05) is 60.7 Å². The van der Waals surface area contributed by atoms with Gasteiger partial charge in [-0.25, -0.2) is 0 Å². The topological polar surface area (TPSA) is 40.5 Å². The summed E-state index contributed by atoms with van der Waals surface area (Å²) in [5, 5.41) is 19.5. The largest absolute Gasteiger partial charge is 0.504 e. The van der Waals surface area contributed by atoms with E-state index in [0.29, 0.717) is 6.42 Å². The third-order valence-corrected chi connectivity index (χ3v) is 4.14. The average molecular weight is 304 g/mol. The maximum atomic E-state index is 9.93. The number of aryl methyl sites for hydroxylation is 1. The summed E-state index contributed by atoms with van der Waals surface area (Å²) in [6.45, 7) is 2.12. The Hall–Kier alpha value is -2.74. The SMILES string of the molecule is Cc1cc(Cc2cccc(O)c2O)ccc1Cc1ccccc1. The Morgan fingerprint density at radius 3 is 2.17 bits per heavy atom. The van der Waals surface area contributed by atoms with E-state index in [-0.39, 0.29) is 11.5 Å². The molecule has 2 heteroatoms. The van der Waals surface area contributed by atoms with Crippen LogP contribution in [0.25, 0.3) is 0 Å². The van der Waals surface area contributed by atoms with Gasteiger partial charge < -0.3 is 10.2 Å². The number of para-hydroxylation sites is 1. The van der Waals surface area contributed by atoms with E-state index in [0.717, 1.165) is 17.5 Å². The molecule has 2 N–H and O–H groups in total. The van der Waals surface area contributed by atoms with Crippen molar-refractivity contribution in [1.82, 2.24) is 0 Å². The highest BCUT2D eigenvalue weighted by atomic mass is 16.3. The van der Waals surface area contributed by atoms with E-state index in [1.807, 2.05) is 12.1 Å². The van der Waals surface area contributed by atoms with Crippen LogP contribution in [-0.4, -0.2) is 10.2 Å². The van der Waals surface area contributed by atoms with Crippen LogP contribution in [0.15, 0.2) is 66.7 Å². The third kappa shape index (κ3) is 3.54. The summed E-state index contributed by atoms with van der Waals surface area (Å²) >= 11 is 0. The molecule has 0 bridgehead atoms. The highest BCUT2D eigenvalue weighted by Gasteiger charge is 2.08. The molecule has 0 saturated carbocycles. The van der Waals surface area contributed by atoms with Crippen LogP contribution < -0.4 is 0 Å². The first-order chi connectivity index (χ1) is 11.1. The Kier molecular flexibility index (Phi) is 4.33. The van der Waals surface area contributed by atoms with Crippen molar-refractivity contribution in [2.45, 2.75) is 19.8 Å². The zero-order valence-electron chi connectivity index (χ0n) is 13.2. The Bertz CT molecular complexity index is 807. The molecule has 0 spiro atoms. The molecule has 3 rings (SSSR count). The van der Waals surface area contributed by atoms with Crippen molar-refractivity contribution in [1.29, 1.82) is 0 Å². The second kappa shape index (κ2) is 6.57. The first kappa shape index (κ1) is 15.2. The number of benzene rings is 3. The minimum atomic E-state index is -0.0695. The van der Waals surface area contributed by atoms with Gasteiger partial charge in [0, 0.05) is 12.0 Å². The van der Waals surface area contributed by atoms with Crippen LogP contribution in [0.3, 0.4) is 0 Å². The third-order valence-electron chi connectivity index (χ3n) is 4.14. The van der Waals surface area contributed by atoms with Crippen molar-refractivity contribution in [3.63, 3.8) is 0 Å². The number of phenols is 2. The highest BCUT2D eigenvalue weighted by molar-refractivity contribution is 5.47. The monoisotopic (exact) mass is 304 g/mol. The molecule has 2 nitrogen and oxygen atoms in total. The van der Waals surface area contributed by atoms with Gasteiger partial charge in [0.25, 0.3) is 0 Å². The summed E-state index contributed by atoms with van der Waals surface area (Å²) in [5.41, 5.74) is 5.71. The molecule has 0 heterocycles. The van der Waals surface area contributed by atoms with E-state index in [1.54, 1.807) is 6.07 Å². The Morgan fingerprint density at radius 2 is 1.43 bits per heavy atom. The highest BCUT2D eigenvalue weighted by Crippen LogP contribution is 2.30. The first-order valence-electron chi connectivity index (χ1n) is 7.75. The average Bonchev–Trinajstić information content (AvgIpc) is 2.55. The number of phenolic OH excluding ortho intramolecular Hbond substituents is 2. The summed E-state index contributed by atoms with van der Waals surface area (Å²) in [6.07, 6.45) is 1.52. The fraction of sp³-hybridized carbons (Fsp3) is 0.143. The predicted molar refractivity (Wildman–Crippen MR) is 93.0 cm³/mol. The Labute approximate surface area is 136 Å². The molecule has 0 amide bonds. The summed E-state index contributed by atoms with van der Waals surface area (Å²) in [7, 11) is 0. The van der Waals surface area contributed by atoms with Gasteiger partial charge in [-0.2, -0.15) is 0 Å². The molecule has 0 atom stereocenters. The van der Waals surface area contributed by atoms with E-state index >= 15 is 0 Å². The second-order valence-corrected chi connectivity index (χ2v) is 5.88. The van der Waals surface area contributed by atoms with Crippen LogP contribution in [-0.2, 0) is 12.8 Å². The van der Waals surface area contributed by atoms with Gasteiger partial charge in [-0.15, -0.1) is 0 Å². The zero-order valence-corrected chi connectivity index (χ0v) is 13.2. The molecule has 3 aromatic rings. The number of hydrogen-bond donors (Lipinski definition) is 2. The number of aromatic hydroxyl groups is 2. The number of rotatable bonds is 4. The summed E-state index contributed by atoms with van der Waals surface area (Å²) < 4.78 is 0. The van der Waals surface area contributed by atoms with E-state index in [2.05, 4.69) is 49.4 Å². The van der Waals surface area contributed by atoms with Crippen molar-refractivity contribution >= 4 is 0 Å². The molecule has 0 radical (unpaired) electrons. The van der Waals surface area contributed by atoms with E-state index in [4.69, 9.17) is 0 Å². The molecule has 0 aliphatic carbocycles. The van der Waals surface area contributed by atoms with Gasteiger partial charge >= 0.3 is 0 Å². The molecule has 116 valence electrons. The van der Waals surface area contributed by atoms with Crippen LogP contribution in [0, 0.1) is 6.92 Å². The zero-order chi connectivity index (χ0) is 16.2. The molecule has 0 aromatic heterocycles. The molecule has 0 unspecified atom stereocenters. The van der Waals surface area contributed by atoms with Crippen molar-refractivity contribution in [2.75, 3.05) is 0 Å². The maximum absolute atomic E-state index is 9.93. The summed E-state index contributed by atoms with van der Waals surface area (Å²) in [6, 6.07) is 21.9. The molecule has 0 fully saturated rings.